The van der Waals surface area contributed by atoms with Crippen molar-refractivity contribution >= 4 is 23.1 Å². The summed E-state index contributed by atoms with van der Waals surface area (Å²) in [6, 6.07) is 3.82. The number of nitrogen functional groups attached to an aromatic ring is 1. The van der Waals surface area contributed by atoms with Gasteiger partial charge in [-0.05, 0) is 26.0 Å². The SMILES string of the molecule is CCOC(=O)[C@@H](C(C)=O)c1ccc(N)cc1[N+](=O)[O-]. The highest BCUT2D eigenvalue weighted by atomic mass is 16.6. The molecule has 0 aliphatic carbocycles. The van der Waals surface area contributed by atoms with Crippen LogP contribution in [0.1, 0.15) is 25.3 Å². The summed E-state index contributed by atoms with van der Waals surface area (Å²) in [6.45, 7) is 2.86. The van der Waals surface area contributed by atoms with Crippen molar-refractivity contribution in [3.63, 3.8) is 0 Å². The first kappa shape index (κ1) is 14.6. The standard InChI is InChI=1S/C12H14N2O5/c1-3-19-12(16)11(7(2)15)9-5-4-8(13)6-10(9)14(17)18/h4-6,11H,3,13H2,1-2H3/t11-/m0/s1. The molecule has 0 spiro atoms. The van der Waals surface area contributed by atoms with E-state index in [9.17, 15) is 19.7 Å². The summed E-state index contributed by atoms with van der Waals surface area (Å²) in [5.74, 6) is -2.63. The Balaban J connectivity index is 3.34. The minimum absolute atomic E-state index is 0.00912. The number of ether oxygens (including phenoxy) is 1. The number of nitrogens with two attached hydrogens (primary N) is 1. The van der Waals surface area contributed by atoms with Crippen molar-refractivity contribution in [3.8, 4) is 0 Å². The third-order valence-corrected chi connectivity index (χ3v) is 2.49. The molecule has 0 aliphatic heterocycles. The molecule has 0 amide bonds. The fraction of sp³-hybridized carbons (Fsp3) is 0.333. The number of Topliss-reactive ketones (excluding diaryl/α,β-unsaturated/α-hetero) is 1. The molecule has 0 saturated heterocycles. The number of hydrogen-bond acceptors (Lipinski definition) is 6. The van der Waals surface area contributed by atoms with Gasteiger partial charge in [-0.1, -0.05) is 0 Å². The molecule has 102 valence electrons. The van der Waals surface area contributed by atoms with Crippen molar-refractivity contribution in [3.05, 3.63) is 33.9 Å². The van der Waals surface area contributed by atoms with Gasteiger partial charge in [-0.2, -0.15) is 0 Å². The number of nitrogens with zero attached hydrogens (tertiary/aromatic N) is 1. The van der Waals surface area contributed by atoms with Crippen molar-refractivity contribution in [1.29, 1.82) is 0 Å². The van der Waals surface area contributed by atoms with Crippen LogP contribution in [0.4, 0.5) is 11.4 Å². The minimum Gasteiger partial charge on any atom is -0.465 e. The summed E-state index contributed by atoms with van der Waals surface area (Å²) < 4.78 is 4.77. The minimum atomic E-state index is -1.30. The average Bonchev–Trinajstić information content (AvgIpc) is 2.31. The number of anilines is 1. The Morgan fingerprint density at radius 3 is 2.58 bits per heavy atom. The quantitative estimate of drug-likeness (QED) is 0.283. The normalized spacial score (nSPS) is 11.7. The Labute approximate surface area is 109 Å². The molecule has 0 saturated carbocycles. The maximum Gasteiger partial charge on any atom is 0.321 e. The molecule has 19 heavy (non-hydrogen) atoms. The molecule has 1 rings (SSSR count). The molecule has 0 heterocycles. The number of carbonyl (C=O) groups is 2. The summed E-state index contributed by atoms with van der Waals surface area (Å²) in [5, 5.41) is 11.0. The van der Waals surface area contributed by atoms with Crippen molar-refractivity contribution in [2.75, 3.05) is 12.3 Å². The maximum atomic E-state index is 11.7. The van der Waals surface area contributed by atoms with Gasteiger partial charge in [-0.25, -0.2) is 0 Å². The van der Waals surface area contributed by atoms with E-state index in [0.29, 0.717) is 0 Å². The zero-order chi connectivity index (χ0) is 14.6. The van der Waals surface area contributed by atoms with Gasteiger partial charge in [-0.3, -0.25) is 19.7 Å². The van der Waals surface area contributed by atoms with E-state index in [4.69, 9.17) is 10.5 Å². The Hall–Kier alpha value is -2.44. The number of nitro benzene ring substituents is 1. The number of carbonyl (C=O) groups excluding carboxylic acids is 2. The van der Waals surface area contributed by atoms with E-state index in [2.05, 4.69) is 0 Å². The molecule has 0 unspecified atom stereocenters. The third-order valence-electron chi connectivity index (χ3n) is 2.49. The number of benzene rings is 1. The van der Waals surface area contributed by atoms with E-state index in [0.717, 1.165) is 6.07 Å². The smallest absolute Gasteiger partial charge is 0.321 e. The molecule has 0 aliphatic rings. The summed E-state index contributed by atoms with van der Waals surface area (Å²) >= 11 is 0. The highest BCUT2D eigenvalue weighted by molar-refractivity contribution is 6.04. The second kappa shape index (κ2) is 5.94. The molecular weight excluding hydrogens is 252 g/mol. The van der Waals surface area contributed by atoms with E-state index in [1.165, 1.54) is 19.1 Å². The molecule has 0 bridgehead atoms. The Morgan fingerprint density at radius 2 is 2.11 bits per heavy atom. The lowest BCUT2D eigenvalue weighted by Gasteiger charge is -2.13. The van der Waals surface area contributed by atoms with Crippen LogP contribution in [-0.2, 0) is 14.3 Å². The van der Waals surface area contributed by atoms with E-state index >= 15 is 0 Å². The molecule has 7 nitrogen and oxygen atoms in total. The van der Waals surface area contributed by atoms with Crippen LogP contribution < -0.4 is 5.73 Å². The predicted molar refractivity (Wildman–Crippen MR) is 67.6 cm³/mol. The molecule has 1 atom stereocenters. The average molecular weight is 266 g/mol. The first-order valence-corrected chi connectivity index (χ1v) is 5.59. The molecule has 1 aromatic carbocycles. The zero-order valence-corrected chi connectivity index (χ0v) is 10.6. The van der Waals surface area contributed by atoms with Gasteiger partial charge in [0, 0.05) is 11.8 Å². The topological polar surface area (TPSA) is 113 Å². The molecule has 0 fully saturated rings. The van der Waals surface area contributed by atoms with E-state index in [1.54, 1.807) is 6.92 Å². The lowest BCUT2D eigenvalue weighted by atomic mass is 9.93. The van der Waals surface area contributed by atoms with Crippen LogP contribution in [0.3, 0.4) is 0 Å². The van der Waals surface area contributed by atoms with Gasteiger partial charge in [0.05, 0.1) is 17.1 Å². The fourth-order valence-corrected chi connectivity index (χ4v) is 1.70. The van der Waals surface area contributed by atoms with E-state index < -0.39 is 22.6 Å². The van der Waals surface area contributed by atoms with Gasteiger partial charge in [0.1, 0.15) is 11.7 Å². The first-order chi connectivity index (χ1) is 8.88. The lowest BCUT2D eigenvalue weighted by Crippen LogP contribution is -2.23. The number of esters is 1. The molecule has 0 radical (unpaired) electrons. The number of ketones is 1. The van der Waals surface area contributed by atoms with Crippen molar-refractivity contribution < 1.29 is 19.2 Å². The van der Waals surface area contributed by atoms with Crippen LogP contribution in [0.15, 0.2) is 18.2 Å². The monoisotopic (exact) mass is 266 g/mol. The zero-order valence-electron chi connectivity index (χ0n) is 10.6. The van der Waals surface area contributed by atoms with Crippen LogP contribution in [0.25, 0.3) is 0 Å². The van der Waals surface area contributed by atoms with Gasteiger partial charge in [0.15, 0.2) is 0 Å². The third kappa shape index (κ3) is 3.27. The van der Waals surface area contributed by atoms with Crippen LogP contribution in [-0.4, -0.2) is 23.3 Å². The van der Waals surface area contributed by atoms with Gasteiger partial charge >= 0.3 is 5.97 Å². The molecule has 7 heteroatoms. The van der Waals surface area contributed by atoms with E-state index in [-0.39, 0.29) is 23.5 Å². The van der Waals surface area contributed by atoms with Crippen LogP contribution in [0, 0.1) is 10.1 Å². The highest BCUT2D eigenvalue weighted by Gasteiger charge is 2.32. The molecule has 1 aromatic rings. The second-order valence-electron chi connectivity index (χ2n) is 3.87. The number of rotatable bonds is 5. The summed E-state index contributed by atoms with van der Waals surface area (Å²) in [4.78, 5) is 33.6. The highest BCUT2D eigenvalue weighted by Crippen LogP contribution is 2.30. The summed E-state index contributed by atoms with van der Waals surface area (Å²) in [6.07, 6.45) is 0. The Morgan fingerprint density at radius 1 is 1.47 bits per heavy atom. The van der Waals surface area contributed by atoms with E-state index in [1.807, 2.05) is 0 Å². The van der Waals surface area contributed by atoms with Gasteiger partial charge in [0.25, 0.3) is 5.69 Å². The van der Waals surface area contributed by atoms with Crippen molar-refractivity contribution in [1.82, 2.24) is 0 Å². The molecule has 2 N–H and O–H groups in total. The van der Waals surface area contributed by atoms with Gasteiger partial charge in [-0.15, -0.1) is 0 Å². The summed E-state index contributed by atoms with van der Waals surface area (Å²) in [5.41, 5.74) is 5.28. The molecule has 0 aromatic heterocycles. The second-order valence-corrected chi connectivity index (χ2v) is 3.87. The summed E-state index contributed by atoms with van der Waals surface area (Å²) in [7, 11) is 0. The number of hydrogen-bond donors (Lipinski definition) is 1. The van der Waals surface area contributed by atoms with Gasteiger partial charge in [0.2, 0.25) is 0 Å². The van der Waals surface area contributed by atoms with Crippen LogP contribution >= 0.6 is 0 Å². The van der Waals surface area contributed by atoms with Crippen LogP contribution in [0.5, 0.6) is 0 Å². The van der Waals surface area contributed by atoms with Crippen molar-refractivity contribution in [2.24, 2.45) is 0 Å². The fourth-order valence-electron chi connectivity index (χ4n) is 1.70. The molecular formula is C12H14N2O5. The largest absolute Gasteiger partial charge is 0.465 e. The van der Waals surface area contributed by atoms with Gasteiger partial charge < -0.3 is 10.5 Å². The Bertz CT molecular complexity index is 527. The Kier molecular flexibility index (Phi) is 4.57. The predicted octanol–water partition coefficient (Wildman–Crippen LogP) is 1.41. The first-order valence-electron chi connectivity index (χ1n) is 5.59. The maximum absolute atomic E-state index is 11.7. The van der Waals surface area contributed by atoms with Crippen molar-refractivity contribution in [2.45, 2.75) is 19.8 Å². The van der Waals surface area contributed by atoms with Crippen LogP contribution in [0.2, 0.25) is 0 Å². The lowest BCUT2D eigenvalue weighted by molar-refractivity contribution is -0.385. The number of nitro groups is 1.